The first-order valence-corrected chi connectivity index (χ1v) is 44.2. The van der Waals surface area contributed by atoms with Crippen molar-refractivity contribution in [3.63, 3.8) is 0 Å². The molecule has 0 spiro atoms. The Morgan fingerprint density at radius 2 is 0.186 bits per heavy atom. The number of halogens is 12. The van der Waals surface area contributed by atoms with Crippen LogP contribution in [0.25, 0.3) is 0 Å². The van der Waals surface area contributed by atoms with Crippen molar-refractivity contribution in [3.05, 3.63) is 0 Å². The topological polar surface area (TPSA) is 229 Å². The maximum atomic E-state index is 5.36. The second kappa shape index (κ2) is 60.8. The van der Waals surface area contributed by atoms with E-state index in [-0.39, 0.29) is 0 Å². The van der Waals surface area contributed by atoms with Crippen LogP contribution in [-0.2, 0) is 104 Å². The SMILES string of the molecule is C1COCCOCCOCCOCCOCCO1.C1COCCOCCOCCOCCOCCO1.C1COCCOCC[OH+]CCOCCOCCO1.C1COCCOCC[OH+]CCOCCOCCO1.Cl[P-](Cl)(Cl)(Cl)(Cl)Cl.Cl[P-](Cl)(Cl)(Cl)(Cl)Cl. The quantitative estimate of drug-likeness (QED) is 0.162. The first-order chi connectivity index (χ1) is 40.9. The zero-order chi connectivity index (χ0) is 63.7. The van der Waals surface area contributed by atoms with E-state index in [2.05, 4.69) is 9.47 Å². The van der Waals surface area contributed by atoms with Gasteiger partial charge in [0.25, 0.3) is 0 Å². The summed E-state index contributed by atoms with van der Waals surface area (Å²) in [6, 6.07) is 0. The van der Waals surface area contributed by atoms with Gasteiger partial charge in [-0.1, -0.05) is 0 Å². The van der Waals surface area contributed by atoms with E-state index in [1.807, 2.05) is 0 Å². The third-order valence-corrected chi connectivity index (χ3v) is 9.02. The first-order valence-electron chi connectivity index (χ1n) is 28.0. The zero-order valence-corrected chi connectivity index (χ0v) is 60.1. The zero-order valence-electron chi connectivity index (χ0n) is 49.2. The number of ether oxygens (including phenoxy) is 24. The summed E-state index contributed by atoms with van der Waals surface area (Å²) < 4.78 is 116. The molecular formula is C48H98Cl12O24P2. The van der Waals surface area contributed by atoms with Crippen LogP contribution in [-0.4, -0.2) is 327 Å². The Balaban J connectivity index is 0. The van der Waals surface area contributed by atoms with Crippen molar-refractivity contribution in [1.82, 2.24) is 0 Å². The van der Waals surface area contributed by atoms with Gasteiger partial charge in [0.05, 0.1) is 264 Å². The number of rotatable bonds is 0. The van der Waals surface area contributed by atoms with Gasteiger partial charge >= 0.3 is 139 Å². The molecule has 0 aromatic rings. The van der Waals surface area contributed by atoms with Crippen LogP contribution in [0.2, 0.25) is 0 Å². The summed E-state index contributed by atoms with van der Waals surface area (Å²) in [4.78, 5) is 0. The van der Waals surface area contributed by atoms with E-state index in [1.165, 1.54) is 0 Å². The molecule has 2 N–H and O–H groups in total. The van der Waals surface area contributed by atoms with Crippen LogP contribution >= 0.6 is 139 Å². The van der Waals surface area contributed by atoms with E-state index < -0.39 is 4.12 Å². The summed E-state index contributed by atoms with van der Waals surface area (Å²) in [5.41, 5.74) is 0. The maximum absolute atomic E-state index is 5.36. The van der Waals surface area contributed by atoms with Crippen LogP contribution in [0.15, 0.2) is 0 Å². The fourth-order valence-corrected chi connectivity index (χ4v) is 5.34. The van der Waals surface area contributed by atoms with Crippen LogP contribution in [0.1, 0.15) is 0 Å². The summed E-state index contributed by atoms with van der Waals surface area (Å²) in [6.07, 6.45) is 0. The van der Waals surface area contributed by atoms with Gasteiger partial charge in [0.2, 0.25) is 0 Å². The van der Waals surface area contributed by atoms with E-state index in [1.54, 1.807) is 0 Å². The Kier molecular flexibility index (Phi) is 64.6. The van der Waals surface area contributed by atoms with Gasteiger partial charge in [-0.05, 0) is 0 Å². The van der Waals surface area contributed by atoms with Crippen molar-refractivity contribution in [1.29, 1.82) is 0 Å². The third kappa shape index (κ3) is 115. The molecule has 4 aliphatic heterocycles. The molecule has 0 radical (unpaired) electrons. The summed E-state index contributed by atoms with van der Waals surface area (Å²) in [5.74, 6) is 0. The van der Waals surface area contributed by atoms with E-state index in [9.17, 15) is 0 Å². The molecule has 0 atom stereocenters. The van der Waals surface area contributed by atoms with E-state index in [4.69, 9.17) is 239 Å². The Labute approximate surface area is 565 Å². The molecule has 4 rings (SSSR count). The molecule has 4 fully saturated rings. The fourth-order valence-electron chi connectivity index (χ4n) is 5.34. The Morgan fingerprint density at radius 1 is 0.128 bits per heavy atom. The fraction of sp³-hybridized carbons (Fsp3) is 1.00. The van der Waals surface area contributed by atoms with Crippen molar-refractivity contribution in [3.8, 4) is 0 Å². The minimum absolute atomic E-state index is 0.586. The molecule has 0 unspecified atom stereocenters. The minimum atomic E-state index is -4.82. The van der Waals surface area contributed by atoms with Gasteiger partial charge in [0.15, 0.2) is 26.4 Å². The molecule has 0 aliphatic carbocycles. The Morgan fingerprint density at radius 3 is 0.256 bits per heavy atom. The van der Waals surface area contributed by atoms with Crippen molar-refractivity contribution < 1.29 is 114 Å². The predicted molar refractivity (Wildman–Crippen MR) is 346 cm³/mol. The molecule has 528 valence electrons. The van der Waals surface area contributed by atoms with Crippen molar-refractivity contribution in [2.24, 2.45) is 0 Å². The second-order valence-corrected chi connectivity index (χ2v) is 66.6. The van der Waals surface area contributed by atoms with Crippen LogP contribution in [0.4, 0.5) is 0 Å². The monoisotopic (exact) mass is 1540 g/mol. The molecule has 4 aliphatic rings. The van der Waals surface area contributed by atoms with E-state index in [0.717, 1.165) is 0 Å². The number of aliphatic hydroxyl groups is 4. The average molecular weight is 1550 g/mol. The van der Waals surface area contributed by atoms with Gasteiger partial charge in [-0.15, -0.1) is 0 Å². The Bertz CT molecular complexity index is 899. The molecule has 0 bridgehead atoms. The molecule has 0 aromatic heterocycles. The van der Waals surface area contributed by atoms with Crippen molar-refractivity contribution in [2.45, 2.75) is 0 Å². The molecule has 4 saturated heterocycles. The van der Waals surface area contributed by atoms with Gasteiger partial charge in [0.1, 0.15) is 26.4 Å². The molecule has 4 heterocycles. The summed E-state index contributed by atoms with van der Waals surface area (Å²) >= 11 is 60.1. The molecule has 0 amide bonds. The van der Waals surface area contributed by atoms with E-state index in [0.29, 0.717) is 317 Å². The molecule has 24 nitrogen and oxygen atoms in total. The van der Waals surface area contributed by atoms with Gasteiger partial charge in [-0.25, -0.2) is 0 Å². The normalized spacial score (nSPS) is 23.9. The van der Waals surface area contributed by atoms with Crippen molar-refractivity contribution in [2.75, 3.05) is 317 Å². The molecule has 0 aromatic carbocycles. The predicted octanol–water partition coefficient (Wildman–Crippen LogP) is 9.42. The molecule has 0 saturated carbocycles. The summed E-state index contributed by atoms with van der Waals surface area (Å²) in [7, 11) is 0. The van der Waals surface area contributed by atoms with Gasteiger partial charge in [0, 0.05) is 0 Å². The first kappa shape index (κ1) is 91.4. The van der Waals surface area contributed by atoms with Gasteiger partial charge in [-0.2, -0.15) is 0 Å². The van der Waals surface area contributed by atoms with Gasteiger partial charge < -0.3 is 114 Å². The van der Waals surface area contributed by atoms with Crippen LogP contribution in [0.3, 0.4) is 0 Å². The summed E-state index contributed by atoms with van der Waals surface area (Å²) in [5, 5.41) is 0. The van der Waals surface area contributed by atoms with Gasteiger partial charge in [-0.3, -0.25) is 0 Å². The molecule has 86 heavy (non-hydrogen) atoms. The van der Waals surface area contributed by atoms with Crippen LogP contribution in [0, 0.1) is 0 Å². The number of hydrogen-bond donors (Lipinski definition) is 0. The Hall–Kier alpha value is 3.38. The molecular weight excluding hydrogens is 1450 g/mol. The third-order valence-electron chi connectivity index (χ3n) is 9.02. The summed E-state index contributed by atoms with van der Waals surface area (Å²) in [6.45, 7) is 29.1. The van der Waals surface area contributed by atoms with Crippen molar-refractivity contribution >= 4 is 139 Å². The standard InChI is InChI=1S/4C12H24O6.2Cl6P/c4*1-2-14-5-6-16-9-10-18-12-11-17-8-7-15-4-3-13-1;2*1-7(2,3,4,5)6/h4*1-12H2;;/q;;;;2*-1/p+2. The second-order valence-electron chi connectivity index (χ2n) is 16.7. The number of hydrogen-bond acceptors (Lipinski definition) is 22. The molecule has 38 heteroatoms. The van der Waals surface area contributed by atoms with E-state index >= 15 is 0 Å². The van der Waals surface area contributed by atoms with Crippen LogP contribution < -0.4 is 0 Å². The average Bonchev–Trinajstić information content (AvgIpc) is 2.63. The van der Waals surface area contributed by atoms with Crippen LogP contribution in [0.5, 0.6) is 0 Å².